The third-order valence-corrected chi connectivity index (χ3v) is 7.74. The van der Waals surface area contributed by atoms with Gasteiger partial charge in [0.25, 0.3) is 0 Å². The summed E-state index contributed by atoms with van der Waals surface area (Å²) in [5.74, 6) is -1.76. The van der Waals surface area contributed by atoms with E-state index in [1.807, 2.05) is 6.07 Å². The van der Waals surface area contributed by atoms with Gasteiger partial charge in [0.1, 0.15) is 5.82 Å². The Bertz CT molecular complexity index is 1200. The predicted molar refractivity (Wildman–Crippen MR) is 140 cm³/mol. The SMILES string of the molecule is COc1ccc([C@@]23CC[C@@H](NC(=O)Nc4ccc(Br)cc4F)C[C@@H]2N(C)CC3)cc1OC.O=C(O)C(F)(F)F. The first kappa shape index (κ1) is 30.5. The number of anilines is 1. The van der Waals surface area contributed by atoms with Crippen LogP contribution in [0.1, 0.15) is 31.2 Å². The number of halogens is 5. The number of hydrogen-bond acceptors (Lipinski definition) is 5. The summed E-state index contributed by atoms with van der Waals surface area (Å²) in [6.07, 6.45) is -1.38. The molecule has 2 amide bonds. The Morgan fingerprint density at radius 1 is 1.10 bits per heavy atom. The molecule has 2 fully saturated rings. The van der Waals surface area contributed by atoms with Crippen LogP contribution < -0.4 is 20.1 Å². The zero-order chi connectivity index (χ0) is 29.0. The molecule has 0 radical (unpaired) electrons. The molecular formula is C26H30BrF4N3O5. The number of nitrogens with one attached hydrogen (secondary N) is 2. The average Bonchev–Trinajstić information content (AvgIpc) is 3.22. The number of benzene rings is 2. The lowest BCUT2D eigenvalue weighted by molar-refractivity contribution is -0.192. The summed E-state index contributed by atoms with van der Waals surface area (Å²) in [7, 11) is 5.45. The van der Waals surface area contributed by atoms with Gasteiger partial charge in [0.05, 0.1) is 19.9 Å². The number of urea groups is 1. The molecule has 0 bridgehead atoms. The van der Waals surface area contributed by atoms with Gasteiger partial charge in [-0.2, -0.15) is 13.2 Å². The van der Waals surface area contributed by atoms with Crippen LogP contribution in [0.2, 0.25) is 0 Å². The Labute approximate surface area is 231 Å². The van der Waals surface area contributed by atoms with Crippen molar-refractivity contribution in [3.63, 3.8) is 0 Å². The lowest BCUT2D eigenvalue weighted by Crippen LogP contribution is -2.52. The summed E-state index contributed by atoms with van der Waals surface area (Å²) in [4.78, 5) is 23.8. The van der Waals surface area contributed by atoms with Crippen LogP contribution in [-0.4, -0.2) is 68.1 Å². The van der Waals surface area contributed by atoms with Gasteiger partial charge in [-0.15, -0.1) is 0 Å². The van der Waals surface area contributed by atoms with E-state index in [-0.39, 0.29) is 23.2 Å². The maximum Gasteiger partial charge on any atom is 0.490 e. The number of hydrogen-bond donors (Lipinski definition) is 3. The van der Waals surface area contributed by atoms with Crippen molar-refractivity contribution in [2.75, 3.05) is 33.1 Å². The highest BCUT2D eigenvalue weighted by atomic mass is 79.9. The molecule has 0 spiro atoms. The zero-order valence-electron chi connectivity index (χ0n) is 21.6. The third kappa shape index (κ3) is 7.13. The maximum atomic E-state index is 14.1. The van der Waals surface area contributed by atoms with E-state index < -0.39 is 18.0 Å². The fourth-order valence-corrected chi connectivity index (χ4v) is 5.66. The van der Waals surface area contributed by atoms with Gasteiger partial charge in [-0.05, 0) is 75.2 Å². The number of fused-ring (bicyclic) bond motifs is 1. The molecule has 3 atom stereocenters. The third-order valence-electron chi connectivity index (χ3n) is 7.24. The number of carboxylic acids is 1. The van der Waals surface area contributed by atoms with Crippen LogP contribution in [0.4, 0.5) is 28.0 Å². The van der Waals surface area contributed by atoms with E-state index in [1.54, 1.807) is 26.4 Å². The highest BCUT2D eigenvalue weighted by Gasteiger charge is 2.50. The lowest BCUT2D eigenvalue weighted by Gasteiger charge is -2.45. The number of carbonyl (C=O) groups excluding carboxylic acids is 1. The van der Waals surface area contributed by atoms with Crippen molar-refractivity contribution in [1.29, 1.82) is 0 Å². The van der Waals surface area contributed by atoms with E-state index in [2.05, 4.69) is 50.6 Å². The fourth-order valence-electron chi connectivity index (χ4n) is 5.33. The second-order valence-electron chi connectivity index (χ2n) is 9.47. The summed E-state index contributed by atoms with van der Waals surface area (Å²) in [6, 6.07) is 10.7. The molecule has 214 valence electrons. The molecule has 8 nitrogen and oxygen atoms in total. The van der Waals surface area contributed by atoms with Crippen molar-refractivity contribution in [2.45, 2.75) is 49.4 Å². The van der Waals surface area contributed by atoms with E-state index in [4.69, 9.17) is 19.4 Å². The van der Waals surface area contributed by atoms with Crippen LogP contribution in [0.15, 0.2) is 40.9 Å². The minimum atomic E-state index is -5.08. The molecule has 0 aromatic heterocycles. The number of aliphatic carboxylic acids is 1. The molecule has 1 aliphatic heterocycles. The maximum absolute atomic E-state index is 14.1. The molecule has 4 rings (SSSR count). The highest BCUT2D eigenvalue weighted by Crippen LogP contribution is 2.49. The van der Waals surface area contributed by atoms with Crippen LogP contribution >= 0.6 is 15.9 Å². The molecule has 13 heteroatoms. The second-order valence-corrected chi connectivity index (χ2v) is 10.4. The van der Waals surface area contributed by atoms with Crippen molar-refractivity contribution >= 4 is 33.6 Å². The first-order valence-electron chi connectivity index (χ1n) is 12.1. The summed E-state index contributed by atoms with van der Waals surface area (Å²) in [5.41, 5.74) is 1.43. The van der Waals surface area contributed by atoms with Crippen molar-refractivity contribution in [2.24, 2.45) is 0 Å². The number of likely N-dealkylation sites (N-methyl/N-ethyl adjacent to an activating group) is 1. The number of carbonyl (C=O) groups is 2. The molecule has 1 aliphatic carbocycles. The number of nitrogens with zero attached hydrogens (tertiary/aromatic N) is 1. The standard InChI is InChI=1S/C24H29BrFN3O3.C2HF3O2/c1-29-11-10-24(15-4-7-20(31-2)21(12-15)32-3)9-8-17(14-22(24)29)27-23(30)28-19-6-5-16(25)13-18(19)26;3-2(4,5)1(6)7/h4-7,12-13,17,22H,8-11,14H2,1-3H3,(H2,27,28,30);(H,6,7)/t17-,22+,24+;/m1./s1. The van der Waals surface area contributed by atoms with Gasteiger partial charge in [-0.1, -0.05) is 22.0 Å². The Morgan fingerprint density at radius 2 is 1.77 bits per heavy atom. The smallest absolute Gasteiger partial charge is 0.490 e. The summed E-state index contributed by atoms with van der Waals surface area (Å²) < 4.78 is 57.4. The molecule has 1 saturated heterocycles. The van der Waals surface area contributed by atoms with Crippen LogP contribution in [-0.2, 0) is 10.2 Å². The normalized spacial score (nSPS) is 22.7. The van der Waals surface area contributed by atoms with E-state index in [0.717, 1.165) is 43.7 Å². The summed E-state index contributed by atoms with van der Waals surface area (Å²) in [5, 5.41) is 12.8. The van der Waals surface area contributed by atoms with E-state index in [9.17, 15) is 22.4 Å². The van der Waals surface area contributed by atoms with Gasteiger partial charge in [0.2, 0.25) is 0 Å². The van der Waals surface area contributed by atoms with Gasteiger partial charge in [0, 0.05) is 22.0 Å². The molecule has 0 unspecified atom stereocenters. The lowest BCUT2D eigenvalue weighted by atomic mass is 9.65. The number of likely N-dealkylation sites (tertiary alicyclic amines) is 1. The van der Waals surface area contributed by atoms with Gasteiger partial charge in [-0.3, -0.25) is 0 Å². The Balaban J connectivity index is 0.000000532. The number of amides is 2. The molecule has 1 heterocycles. The average molecular weight is 620 g/mol. The van der Waals surface area contributed by atoms with Crippen LogP contribution in [0.3, 0.4) is 0 Å². The van der Waals surface area contributed by atoms with E-state index in [1.165, 1.54) is 11.6 Å². The van der Waals surface area contributed by atoms with Gasteiger partial charge >= 0.3 is 18.2 Å². The van der Waals surface area contributed by atoms with Gasteiger partial charge in [-0.25, -0.2) is 14.0 Å². The summed E-state index contributed by atoms with van der Waals surface area (Å²) in [6.45, 7) is 1.00. The number of ether oxygens (including phenoxy) is 2. The summed E-state index contributed by atoms with van der Waals surface area (Å²) >= 11 is 3.23. The highest BCUT2D eigenvalue weighted by molar-refractivity contribution is 9.10. The van der Waals surface area contributed by atoms with Crippen LogP contribution in [0.25, 0.3) is 0 Å². The van der Waals surface area contributed by atoms with Gasteiger partial charge < -0.3 is 30.1 Å². The monoisotopic (exact) mass is 619 g/mol. The molecule has 39 heavy (non-hydrogen) atoms. The topological polar surface area (TPSA) is 100 Å². The Morgan fingerprint density at radius 3 is 2.36 bits per heavy atom. The number of alkyl halides is 3. The Kier molecular flexibility index (Phi) is 9.70. The van der Waals surface area contributed by atoms with E-state index in [0.29, 0.717) is 10.5 Å². The number of rotatable bonds is 5. The molecule has 1 saturated carbocycles. The van der Waals surface area contributed by atoms with Crippen molar-refractivity contribution < 1.29 is 41.7 Å². The fraction of sp³-hybridized carbons (Fsp3) is 0.462. The molecule has 2 aromatic carbocycles. The predicted octanol–water partition coefficient (Wildman–Crippen LogP) is 5.55. The second kappa shape index (κ2) is 12.4. The zero-order valence-corrected chi connectivity index (χ0v) is 23.2. The molecule has 2 aliphatic rings. The number of methoxy groups -OCH3 is 2. The molecule has 3 N–H and O–H groups in total. The van der Waals surface area contributed by atoms with Crippen molar-refractivity contribution in [3.05, 3.63) is 52.3 Å². The molecular weight excluding hydrogens is 590 g/mol. The van der Waals surface area contributed by atoms with E-state index >= 15 is 0 Å². The quantitative estimate of drug-likeness (QED) is 0.379. The first-order chi connectivity index (χ1) is 18.3. The Hall–Kier alpha value is -3.06. The minimum absolute atomic E-state index is 0.0147. The first-order valence-corrected chi connectivity index (χ1v) is 12.9. The minimum Gasteiger partial charge on any atom is -0.493 e. The number of carboxylic acid groups (broad SMARTS) is 1. The molecule has 2 aromatic rings. The van der Waals surface area contributed by atoms with Crippen LogP contribution in [0.5, 0.6) is 11.5 Å². The van der Waals surface area contributed by atoms with Crippen LogP contribution in [0, 0.1) is 5.82 Å². The van der Waals surface area contributed by atoms with Crippen molar-refractivity contribution in [3.8, 4) is 11.5 Å². The largest absolute Gasteiger partial charge is 0.493 e. The van der Waals surface area contributed by atoms with Crippen molar-refractivity contribution in [1.82, 2.24) is 10.2 Å². The van der Waals surface area contributed by atoms with Gasteiger partial charge in [0.15, 0.2) is 11.5 Å².